The number of carbonyl (C=O) groups is 2. The van der Waals surface area contributed by atoms with Crippen LogP contribution in [0.2, 0.25) is 0 Å². The summed E-state index contributed by atoms with van der Waals surface area (Å²) in [6, 6.07) is 16.9. The SMILES string of the molecule is COc1ccccc1C(C)N(C)C(=O)CNC(=O)/C=C/c1ccccc1. The fourth-order valence-corrected chi connectivity index (χ4v) is 2.52. The molecule has 0 radical (unpaired) electrons. The van der Waals surface area contributed by atoms with Gasteiger partial charge in [0.15, 0.2) is 0 Å². The van der Waals surface area contributed by atoms with E-state index in [-0.39, 0.29) is 24.4 Å². The molecule has 0 saturated heterocycles. The van der Waals surface area contributed by atoms with Crippen molar-refractivity contribution in [3.05, 3.63) is 71.8 Å². The van der Waals surface area contributed by atoms with Crippen LogP contribution < -0.4 is 10.1 Å². The van der Waals surface area contributed by atoms with Crippen LogP contribution in [0.5, 0.6) is 5.75 Å². The molecule has 0 bridgehead atoms. The van der Waals surface area contributed by atoms with Gasteiger partial charge in [-0.25, -0.2) is 0 Å². The highest BCUT2D eigenvalue weighted by Crippen LogP contribution is 2.27. The van der Waals surface area contributed by atoms with Crippen LogP contribution in [0, 0.1) is 0 Å². The molecule has 26 heavy (non-hydrogen) atoms. The highest BCUT2D eigenvalue weighted by molar-refractivity contribution is 5.94. The van der Waals surface area contributed by atoms with E-state index in [2.05, 4.69) is 5.32 Å². The van der Waals surface area contributed by atoms with Crippen molar-refractivity contribution >= 4 is 17.9 Å². The molecule has 0 heterocycles. The first kappa shape index (κ1) is 19.2. The Morgan fingerprint density at radius 1 is 1.12 bits per heavy atom. The minimum Gasteiger partial charge on any atom is -0.496 e. The largest absolute Gasteiger partial charge is 0.496 e. The standard InChI is InChI=1S/C21H24N2O3/c1-16(18-11-7-8-12-19(18)26-3)23(2)21(25)15-22-20(24)14-13-17-9-5-4-6-10-17/h4-14,16H,15H2,1-3H3,(H,22,24)/b14-13+. The zero-order chi connectivity index (χ0) is 18.9. The normalized spacial score (nSPS) is 11.8. The first-order chi connectivity index (χ1) is 12.5. The van der Waals surface area contributed by atoms with Crippen molar-refractivity contribution in [2.75, 3.05) is 20.7 Å². The maximum Gasteiger partial charge on any atom is 0.244 e. The molecule has 0 aliphatic heterocycles. The van der Waals surface area contributed by atoms with Crippen LogP contribution in [0.4, 0.5) is 0 Å². The molecule has 2 aromatic rings. The zero-order valence-electron chi connectivity index (χ0n) is 15.3. The number of hydrogen-bond donors (Lipinski definition) is 1. The molecule has 2 rings (SSSR count). The molecule has 5 nitrogen and oxygen atoms in total. The summed E-state index contributed by atoms with van der Waals surface area (Å²) in [5.74, 6) is 0.250. The van der Waals surface area contributed by atoms with Gasteiger partial charge in [-0.3, -0.25) is 9.59 Å². The highest BCUT2D eigenvalue weighted by Gasteiger charge is 2.20. The molecule has 0 aliphatic rings. The first-order valence-corrected chi connectivity index (χ1v) is 8.42. The summed E-state index contributed by atoms with van der Waals surface area (Å²) in [5.41, 5.74) is 1.84. The Kier molecular flexibility index (Phi) is 6.97. The lowest BCUT2D eigenvalue weighted by atomic mass is 10.1. The van der Waals surface area contributed by atoms with Crippen molar-refractivity contribution < 1.29 is 14.3 Å². The Morgan fingerprint density at radius 2 is 1.77 bits per heavy atom. The Morgan fingerprint density at radius 3 is 2.46 bits per heavy atom. The van der Waals surface area contributed by atoms with Crippen molar-refractivity contribution in [1.29, 1.82) is 0 Å². The van der Waals surface area contributed by atoms with E-state index in [9.17, 15) is 9.59 Å². The van der Waals surface area contributed by atoms with Gasteiger partial charge in [-0.05, 0) is 24.6 Å². The third kappa shape index (κ3) is 5.21. The van der Waals surface area contributed by atoms with E-state index < -0.39 is 0 Å². The van der Waals surface area contributed by atoms with Crippen LogP contribution in [0.1, 0.15) is 24.1 Å². The number of benzene rings is 2. The number of para-hydroxylation sites is 1. The molecule has 0 aliphatic carbocycles. The second-order valence-electron chi connectivity index (χ2n) is 5.88. The van der Waals surface area contributed by atoms with E-state index in [1.165, 1.54) is 6.08 Å². The van der Waals surface area contributed by atoms with Crippen LogP contribution in [0.25, 0.3) is 6.08 Å². The summed E-state index contributed by atoms with van der Waals surface area (Å²) in [4.78, 5) is 25.9. The van der Waals surface area contributed by atoms with Crippen molar-refractivity contribution in [1.82, 2.24) is 10.2 Å². The van der Waals surface area contributed by atoms with E-state index in [1.54, 1.807) is 25.1 Å². The van der Waals surface area contributed by atoms with Gasteiger partial charge in [-0.1, -0.05) is 48.5 Å². The Labute approximate surface area is 154 Å². The zero-order valence-corrected chi connectivity index (χ0v) is 15.3. The molecule has 0 saturated carbocycles. The molecular weight excluding hydrogens is 328 g/mol. The lowest BCUT2D eigenvalue weighted by molar-refractivity contribution is -0.132. The molecule has 0 fully saturated rings. The molecule has 1 N–H and O–H groups in total. The molecule has 5 heteroatoms. The fourth-order valence-electron chi connectivity index (χ4n) is 2.52. The van der Waals surface area contributed by atoms with Gasteiger partial charge in [-0.2, -0.15) is 0 Å². The Hall–Kier alpha value is -3.08. The van der Waals surface area contributed by atoms with Crippen LogP contribution in [-0.2, 0) is 9.59 Å². The maximum absolute atomic E-state index is 12.4. The maximum atomic E-state index is 12.4. The van der Waals surface area contributed by atoms with E-state index in [0.717, 1.165) is 16.9 Å². The smallest absolute Gasteiger partial charge is 0.244 e. The Bertz CT molecular complexity index is 772. The lowest BCUT2D eigenvalue weighted by Crippen LogP contribution is -2.38. The quantitative estimate of drug-likeness (QED) is 0.779. The molecule has 1 unspecified atom stereocenters. The summed E-state index contributed by atoms with van der Waals surface area (Å²) in [6.45, 7) is 1.86. The molecule has 0 aromatic heterocycles. The van der Waals surface area contributed by atoms with Gasteiger partial charge < -0.3 is 15.0 Å². The van der Waals surface area contributed by atoms with Crippen molar-refractivity contribution in [2.24, 2.45) is 0 Å². The predicted molar refractivity (Wildman–Crippen MR) is 103 cm³/mol. The van der Waals surface area contributed by atoms with Gasteiger partial charge in [0.05, 0.1) is 19.7 Å². The Balaban J connectivity index is 1.90. The van der Waals surface area contributed by atoms with Crippen LogP contribution >= 0.6 is 0 Å². The van der Waals surface area contributed by atoms with Gasteiger partial charge in [0.1, 0.15) is 5.75 Å². The van der Waals surface area contributed by atoms with Gasteiger partial charge in [-0.15, -0.1) is 0 Å². The molecule has 2 aromatic carbocycles. The monoisotopic (exact) mass is 352 g/mol. The fraction of sp³-hybridized carbons (Fsp3) is 0.238. The molecule has 136 valence electrons. The van der Waals surface area contributed by atoms with E-state index in [0.29, 0.717) is 0 Å². The second-order valence-corrected chi connectivity index (χ2v) is 5.88. The number of ether oxygens (including phenoxy) is 1. The number of methoxy groups -OCH3 is 1. The van der Waals surface area contributed by atoms with E-state index in [1.807, 2.05) is 61.5 Å². The number of nitrogens with one attached hydrogen (secondary N) is 1. The van der Waals surface area contributed by atoms with Crippen molar-refractivity contribution in [3.63, 3.8) is 0 Å². The minimum absolute atomic E-state index is 0.0616. The van der Waals surface area contributed by atoms with Gasteiger partial charge in [0.25, 0.3) is 0 Å². The third-order valence-electron chi connectivity index (χ3n) is 4.20. The topological polar surface area (TPSA) is 58.6 Å². The first-order valence-electron chi connectivity index (χ1n) is 8.42. The van der Waals surface area contributed by atoms with E-state index in [4.69, 9.17) is 4.74 Å². The van der Waals surface area contributed by atoms with E-state index >= 15 is 0 Å². The number of carbonyl (C=O) groups excluding carboxylic acids is 2. The molecule has 0 spiro atoms. The summed E-state index contributed by atoms with van der Waals surface area (Å²) in [6.07, 6.45) is 3.13. The predicted octanol–water partition coefficient (Wildman–Crippen LogP) is 3.04. The van der Waals surface area contributed by atoms with Gasteiger partial charge in [0.2, 0.25) is 11.8 Å². The number of likely N-dealkylation sites (N-methyl/N-ethyl adjacent to an activating group) is 1. The third-order valence-corrected chi connectivity index (χ3v) is 4.20. The number of rotatable bonds is 7. The lowest BCUT2D eigenvalue weighted by Gasteiger charge is -2.26. The van der Waals surface area contributed by atoms with Gasteiger partial charge >= 0.3 is 0 Å². The molecular formula is C21H24N2O3. The molecule has 2 amide bonds. The average molecular weight is 352 g/mol. The van der Waals surface area contributed by atoms with Crippen LogP contribution in [-0.4, -0.2) is 37.4 Å². The summed E-state index contributed by atoms with van der Waals surface area (Å²) in [5, 5.41) is 2.62. The summed E-state index contributed by atoms with van der Waals surface area (Å²) in [7, 11) is 3.32. The van der Waals surface area contributed by atoms with Crippen LogP contribution in [0.3, 0.4) is 0 Å². The summed E-state index contributed by atoms with van der Waals surface area (Å²) < 4.78 is 5.35. The van der Waals surface area contributed by atoms with Crippen molar-refractivity contribution in [2.45, 2.75) is 13.0 Å². The van der Waals surface area contributed by atoms with Gasteiger partial charge in [0, 0.05) is 18.7 Å². The summed E-state index contributed by atoms with van der Waals surface area (Å²) >= 11 is 0. The number of nitrogens with zero attached hydrogens (tertiary/aromatic N) is 1. The average Bonchev–Trinajstić information content (AvgIpc) is 2.70. The van der Waals surface area contributed by atoms with Crippen LogP contribution in [0.15, 0.2) is 60.7 Å². The second kappa shape index (κ2) is 9.42. The highest BCUT2D eigenvalue weighted by atomic mass is 16.5. The molecule has 1 atom stereocenters. The van der Waals surface area contributed by atoms with Crippen molar-refractivity contribution in [3.8, 4) is 5.75 Å². The minimum atomic E-state index is -0.305. The number of hydrogen-bond acceptors (Lipinski definition) is 3. The number of amides is 2.